The molecule has 6 heteroatoms. The van der Waals surface area contributed by atoms with Crippen LogP contribution >= 0.6 is 12.4 Å². The van der Waals surface area contributed by atoms with E-state index in [0.717, 1.165) is 37.3 Å². The number of likely N-dealkylation sites (tertiary alicyclic amines) is 1. The van der Waals surface area contributed by atoms with Crippen molar-refractivity contribution in [2.45, 2.75) is 45.6 Å². The van der Waals surface area contributed by atoms with Crippen molar-refractivity contribution in [1.82, 2.24) is 15.0 Å². The molecular formula is C18H24ClN3O2. The number of rotatable bonds is 4. The van der Waals surface area contributed by atoms with Crippen LogP contribution < -0.4 is 0 Å². The van der Waals surface area contributed by atoms with E-state index in [9.17, 15) is 4.79 Å². The normalized spacial score (nSPS) is 16.2. The highest BCUT2D eigenvalue weighted by atomic mass is 35.5. The Morgan fingerprint density at radius 1 is 1.21 bits per heavy atom. The number of piperidine rings is 1. The van der Waals surface area contributed by atoms with Crippen molar-refractivity contribution in [3.63, 3.8) is 0 Å². The van der Waals surface area contributed by atoms with Crippen molar-refractivity contribution in [3.05, 3.63) is 35.7 Å². The predicted octanol–water partition coefficient (Wildman–Crippen LogP) is 3.95. The highest BCUT2D eigenvalue weighted by Crippen LogP contribution is 2.28. The van der Waals surface area contributed by atoms with Gasteiger partial charge in [0.25, 0.3) is 5.89 Å². The predicted molar refractivity (Wildman–Crippen MR) is 95.7 cm³/mol. The van der Waals surface area contributed by atoms with E-state index in [4.69, 9.17) is 4.52 Å². The first-order valence-electron chi connectivity index (χ1n) is 8.23. The van der Waals surface area contributed by atoms with Crippen LogP contribution in [-0.2, 0) is 0 Å². The average molecular weight is 350 g/mol. The summed E-state index contributed by atoms with van der Waals surface area (Å²) >= 11 is 0. The Balaban J connectivity index is 0.00000208. The zero-order chi connectivity index (χ0) is 16.4. The summed E-state index contributed by atoms with van der Waals surface area (Å²) in [5.41, 5.74) is 1.54. The Morgan fingerprint density at radius 2 is 1.83 bits per heavy atom. The average Bonchev–Trinajstić information content (AvgIpc) is 3.05. The van der Waals surface area contributed by atoms with Gasteiger partial charge in [-0.1, -0.05) is 17.3 Å². The van der Waals surface area contributed by atoms with Crippen LogP contribution in [0.25, 0.3) is 11.5 Å². The molecule has 24 heavy (non-hydrogen) atoms. The van der Waals surface area contributed by atoms with Gasteiger partial charge in [0.1, 0.15) is 0 Å². The molecule has 0 bridgehead atoms. The molecule has 1 aromatic carbocycles. The molecule has 3 rings (SSSR count). The van der Waals surface area contributed by atoms with Gasteiger partial charge in [-0.05, 0) is 58.8 Å². The van der Waals surface area contributed by atoms with Crippen LogP contribution in [0, 0.1) is 0 Å². The number of hydrogen-bond donors (Lipinski definition) is 0. The highest BCUT2D eigenvalue weighted by Gasteiger charge is 2.25. The minimum atomic E-state index is 0. The molecule has 0 radical (unpaired) electrons. The summed E-state index contributed by atoms with van der Waals surface area (Å²) in [5, 5.41) is 4.17. The second kappa shape index (κ2) is 7.90. The number of halogens is 1. The number of hydrogen-bond acceptors (Lipinski definition) is 5. The zero-order valence-corrected chi connectivity index (χ0v) is 15.2. The lowest BCUT2D eigenvalue weighted by atomic mass is 9.95. The summed E-state index contributed by atoms with van der Waals surface area (Å²) in [5.74, 6) is 1.76. The topological polar surface area (TPSA) is 59.2 Å². The molecule has 130 valence electrons. The molecule has 1 aliphatic rings. The van der Waals surface area contributed by atoms with E-state index in [1.165, 1.54) is 0 Å². The Kier molecular flexibility index (Phi) is 6.13. The second-order valence-corrected chi connectivity index (χ2v) is 6.50. The van der Waals surface area contributed by atoms with Crippen molar-refractivity contribution in [1.29, 1.82) is 0 Å². The third-order valence-electron chi connectivity index (χ3n) is 4.61. The maximum absolute atomic E-state index is 11.3. The highest BCUT2D eigenvalue weighted by molar-refractivity contribution is 5.94. The van der Waals surface area contributed by atoms with Crippen LogP contribution in [0.2, 0.25) is 0 Å². The number of benzene rings is 1. The summed E-state index contributed by atoms with van der Waals surface area (Å²) in [6.07, 6.45) is 2.14. The van der Waals surface area contributed by atoms with Crippen molar-refractivity contribution in [2.24, 2.45) is 0 Å². The second-order valence-electron chi connectivity index (χ2n) is 6.50. The summed E-state index contributed by atoms with van der Waals surface area (Å²) in [4.78, 5) is 18.4. The van der Waals surface area contributed by atoms with Crippen LogP contribution in [0.4, 0.5) is 0 Å². The first kappa shape index (κ1) is 18.6. The van der Waals surface area contributed by atoms with Gasteiger partial charge in [0.2, 0.25) is 0 Å². The van der Waals surface area contributed by atoms with Gasteiger partial charge in [-0.25, -0.2) is 0 Å². The van der Waals surface area contributed by atoms with E-state index in [2.05, 4.69) is 28.9 Å². The monoisotopic (exact) mass is 349 g/mol. The molecule has 0 atom stereocenters. The van der Waals surface area contributed by atoms with Gasteiger partial charge >= 0.3 is 0 Å². The number of ketones is 1. The lowest BCUT2D eigenvalue weighted by molar-refractivity contribution is 0.101. The lowest BCUT2D eigenvalue weighted by Gasteiger charge is -2.33. The number of carbonyl (C=O) groups is 1. The van der Waals surface area contributed by atoms with Crippen LogP contribution in [0.5, 0.6) is 0 Å². The minimum absolute atomic E-state index is 0. The molecule has 0 spiro atoms. The van der Waals surface area contributed by atoms with E-state index in [-0.39, 0.29) is 18.2 Å². The van der Waals surface area contributed by atoms with Crippen molar-refractivity contribution in [3.8, 4) is 11.5 Å². The number of aromatic nitrogens is 2. The fraction of sp³-hybridized carbons (Fsp3) is 0.500. The maximum atomic E-state index is 11.3. The first-order valence-corrected chi connectivity index (χ1v) is 8.23. The van der Waals surface area contributed by atoms with Crippen molar-refractivity contribution < 1.29 is 9.32 Å². The summed E-state index contributed by atoms with van der Waals surface area (Å²) in [6.45, 7) is 8.19. The van der Waals surface area contributed by atoms with Crippen LogP contribution in [0.3, 0.4) is 0 Å². The van der Waals surface area contributed by atoms with Gasteiger partial charge in [-0.3, -0.25) is 4.79 Å². The third kappa shape index (κ3) is 4.02. The Hall–Kier alpha value is -1.72. The van der Waals surface area contributed by atoms with Gasteiger partial charge in [0.05, 0.1) is 0 Å². The maximum Gasteiger partial charge on any atom is 0.257 e. The quantitative estimate of drug-likeness (QED) is 0.782. The molecule has 1 aromatic heterocycles. The molecule has 0 amide bonds. The minimum Gasteiger partial charge on any atom is -0.334 e. The van der Waals surface area contributed by atoms with Crippen molar-refractivity contribution in [2.75, 3.05) is 13.1 Å². The largest absolute Gasteiger partial charge is 0.334 e. The Morgan fingerprint density at radius 3 is 2.38 bits per heavy atom. The molecule has 0 aliphatic carbocycles. The van der Waals surface area contributed by atoms with E-state index in [0.29, 0.717) is 23.4 Å². The third-order valence-corrected chi connectivity index (χ3v) is 4.61. The van der Waals surface area contributed by atoms with Gasteiger partial charge in [-0.15, -0.1) is 12.4 Å². The molecule has 1 saturated heterocycles. The zero-order valence-electron chi connectivity index (χ0n) is 14.4. The number of carbonyl (C=O) groups excluding carboxylic acids is 1. The first-order chi connectivity index (χ1) is 11.0. The Labute approximate surface area is 148 Å². The van der Waals surface area contributed by atoms with Gasteiger partial charge < -0.3 is 9.42 Å². The Bertz CT molecular complexity index is 674. The molecule has 5 nitrogen and oxygen atoms in total. The van der Waals surface area contributed by atoms with E-state index < -0.39 is 0 Å². The molecule has 1 fully saturated rings. The molecule has 2 aromatic rings. The number of Topliss-reactive ketones (excluding diaryl/α,β-unsaturated/α-hetero) is 1. The molecule has 0 unspecified atom stereocenters. The standard InChI is InChI=1S/C18H23N3O2.ClH/c1-12(2)21-10-8-15(9-11-21)17-19-18(23-20-17)16-6-4-14(5-7-16)13(3)22;/h4-7,12,15H,8-11H2,1-3H3;1H. The van der Waals surface area contributed by atoms with Gasteiger partial charge in [0, 0.05) is 23.1 Å². The van der Waals surface area contributed by atoms with Crippen molar-refractivity contribution >= 4 is 18.2 Å². The van der Waals surface area contributed by atoms with Crippen LogP contribution in [-0.4, -0.2) is 40.0 Å². The van der Waals surface area contributed by atoms with Crippen LogP contribution in [0.15, 0.2) is 28.8 Å². The SMILES string of the molecule is CC(=O)c1ccc(-c2nc(C3CCN(C(C)C)CC3)no2)cc1.Cl. The summed E-state index contributed by atoms with van der Waals surface area (Å²) in [6, 6.07) is 7.90. The lowest BCUT2D eigenvalue weighted by Crippen LogP contribution is -2.38. The van der Waals surface area contributed by atoms with E-state index in [1.54, 1.807) is 19.1 Å². The summed E-state index contributed by atoms with van der Waals surface area (Å²) < 4.78 is 5.42. The fourth-order valence-electron chi connectivity index (χ4n) is 3.04. The number of nitrogens with zero attached hydrogens (tertiary/aromatic N) is 3. The molecular weight excluding hydrogens is 326 g/mol. The van der Waals surface area contributed by atoms with Gasteiger partial charge in [-0.2, -0.15) is 4.98 Å². The molecule has 0 N–H and O–H groups in total. The summed E-state index contributed by atoms with van der Waals surface area (Å²) in [7, 11) is 0. The molecule has 2 heterocycles. The smallest absolute Gasteiger partial charge is 0.257 e. The van der Waals surface area contributed by atoms with Gasteiger partial charge in [0.15, 0.2) is 11.6 Å². The molecule has 0 saturated carbocycles. The fourth-order valence-corrected chi connectivity index (χ4v) is 3.04. The van der Waals surface area contributed by atoms with E-state index >= 15 is 0 Å². The molecule has 1 aliphatic heterocycles. The van der Waals surface area contributed by atoms with E-state index in [1.807, 2.05) is 12.1 Å². The van der Waals surface area contributed by atoms with Crippen LogP contribution in [0.1, 0.15) is 55.7 Å².